The van der Waals surface area contributed by atoms with Crippen LogP contribution in [0.1, 0.15) is 33.6 Å². The fraction of sp³-hybridized carbons (Fsp3) is 1.00. The molecule has 1 saturated heterocycles. The Hall–Kier alpha value is -0.0800. The second-order valence-electron chi connectivity index (χ2n) is 4.73. The average molecular weight is 185 g/mol. The van der Waals surface area contributed by atoms with Gasteiger partial charge in [-0.15, -0.1) is 0 Å². The normalized spacial score (nSPS) is 33.2. The van der Waals surface area contributed by atoms with Crippen molar-refractivity contribution in [2.24, 2.45) is 11.8 Å². The van der Waals surface area contributed by atoms with Crippen LogP contribution in [-0.4, -0.2) is 35.7 Å². The van der Waals surface area contributed by atoms with E-state index in [2.05, 4.69) is 18.7 Å². The molecule has 0 saturated carbocycles. The first kappa shape index (κ1) is 11.0. The molecule has 0 aromatic heterocycles. The fourth-order valence-corrected chi connectivity index (χ4v) is 2.37. The summed E-state index contributed by atoms with van der Waals surface area (Å²) in [5.74, 6) is 1.60. The van der Waals surface area contributed by atoms with E-state index >= 15 is 0 Å². The van der Waals surface area contributed by atoms with Gasteiger partial charge in [-0.25, -0.2) is 0 Å². The number of β-amino-alcohol motifs (C(OH)–C–C–N with tert-alkyl or cyclic N) is 1. The summed E-state index contributed by atoms with van der Waals surface area (Å²) in [7, 11) is 0. The Morgan fingerprint density at radius 1 is 1.31 bits per heavy atom. The predicted octanol–water partition coefficient (Wildman–Crippen LogP) is 1.74. The molecule has 13 heavy (non-hydrogen) atoms. The number of hydrogen-bond donors (Lipinski definition) is 1. The Labute approximate surface area is 81.9 Å². The van der Waals surface area contributed by atoms with Gasteiger partial charge < -0.3 is 10.0 Å². The molecule has 1 fully saturated rings. The van der Waals surface area contributed by atoms with Crippen LogP contribution < -0.4 is 0 Å². The molecule has 0 amide bonds. The number of likely N-dealkylation sites (tertiary alicyclic amines) is 1. The molecule has 1 aliphatic heterocycles. The predicted molar refractivity (Wildman–Crippen MR) is 55.7 cm³/mol. The topological polar surface area (TPSA) is 23.5 Å². The lowest BCUT2D eigenvalue weighted by Crippen LogP contribution is -2.42. The van der Waals surface area contributed by atoms with Gasteiger partial charge in [0.15, 0.2) is 0 Å². The van der Waals surface area contributed by atoms with Crippen LogP contribution in [0, 0.1) is 11.8 Å². The Balaban J connectivity index is 2.32. The first-order valence-electron chi connectivity index (χ1n) is 5.52. The van der Waals surface area contributed by atoms with E-state index in [0.717, 1.165) is 24.8 Å². The average Bonchev–Trinajstić information content (AvgIpc) is 2.02. The van der Waals surface area contributed by atoms with Crippen molar-refractivity contribution >= 4 is 0 Å². The zero-order valence-electron chi connectivity index (χ0n) is 9.16. The molecule has 1 rings (SSSR count). The number of piperidine rings is 1. The van der Waals surface area contributed by atoms with E-state index in [1.54, 1.807) is 0 Å². The van der Waals surface area contributed by atoms with Crippen LogP contribution >= 0.6 is 0 Å². The van der Waals surface area contributed by atoms with Crippen LogP contribution in [0.15, 0.2) is 0 Å². The van der Waals surface area contributed by atoms with E-state index in [1.165, 1.54) is 19.5 Å². The smallest absolute Gasteiger partial charge is 0.0664 e. The van der Waals surface area contributed by atoms with E-state index < -0.39 is 0 Å². The number of rotatable bonds is 3. The molecule has 0 radical (unpaired) electrons. The van der Waals surface area contributed by atoms with Crippen LogP contribution in [0.2, 0.25) is 0 Å². The van der Waals surface area contributed by atoms with Crippen molar-refractivity contribution in [2.45, 2.75) is 39.7 Å². The summed E-state index contributed by atoms with van der Waals surface area (Å²) in [5.41, 5.74) is 0. The van der Waals surface area contributed by atoms with Gasteiger partial charge in [-0.1, -0.05) is 20.8 Å². The lowest BCUT2D eigenvalue weighted by Gasteiger charge is -2.35. The molecule has 0 bridgehead atoms. The molecular weight excluding hydrogens is 162 g/mol. The van der Waals surface area contributed by atoms with Gasteiger partial charge in [-0.2, -0.15) is 0 Å². The van der Waals surface area contributed by atoms with Crippen LogP contribution in [-0.2, 0) is 0 Å². The summed E-state index contributed by atoms with van der Waals surface area (Å²) < 4.78 is 0. The summed E-state index contributed by atoms with van der Waals surface area (Å²) in [6.45, 7) is 9.86. The maximum Gasteiger partial charge on any atom is 0.0664 e. The highest BCUT2D eigenvalue weighted by molar-refractivity contribution is 4.76. The molecule has 1 heterocycles. The third-order valence-corrected chi connectivity index (χ3v) is 2.88. The highest BCUT2D eigenvalue weighted by atomic mass is 16.3. The first-order chi connectivity index (χ1) is 6.11. The Bertz CT molecular complexity index is 139. The highest BCUT2D eigenvalue weighted by Crippen LogP contribution is 2.20. The SMILES string of the molecule is CCC(O)CN1CC(C)CC(C)C1. The van der Waals surface area contributed by atoms with Crippen LogP contribution in [0.4, 0.5) is 0 Å². The summed E-state index contributed by atoms with van der Waals surface area (Å²) >= 11 is 0. The van der Waals surface area contributed by atoms with Crippen molar-refractivity contribution in [2.75, 3.05) is 19.6 Å². The molecule has 2 heteroatoms. The lowest BCUT2D eigenvalue weighted by atomic mass is 9.92. The second-order valence-corrected chi connectivity index (χ2v) is 4.73. The minimum atomic E-state index is -0.127. The van der Waals surface area contributed by atoms with Crippen LogP contribution in [0.5, 0.6) is 0 Å². The van der Waals surface area contributed by atoms with Gasteiger partial charge in [0.2, 0.25) is 0 Å². The molecule has 0 aliphatic carbocycles. The van der Waals surface area contributed by atoms with Gasteiger partial charge in [-0.3, -0.25) is 0 Å². The monoisotopic (exact) mass is 185 g/mol. The number of aliphatic hydroxyl groups is 1. The maximum absolute atomic E-state index is 9.54. The van der Waals surface area contributed by atoms with Crippen molar-refractivity contribution in [3.8, 4) is 0 Å². The van der Waals surface area contributed by atoms with E-state index in [-0.39, 0.29) is 6.10 Å². The Kier molecular flexibility index (Phi) is 4.20. The van der Waals surface area contributed by atoms with E-state index in [1.807, 2.05) is 6.92 Å². The van der Waals surface area contributed by atoms with E-state index in [9.17, 15) is 5.11 Å². The summed E-state index contributed by atoms with van der Waals surface area (Å²) in [6, 6.07) is 0. The molecule has 0 aromatic carbocycles. The van der Waals surface area contributed by atoms with Crippen molar-refractivity contribution in [1.29, 1.82) is 0 Å². The molecule has 78 valence electrons. The second kappa shape index (κ2) is 4.97. The zero-order valence-corrected chi connectivity index (χ0v) is 9.16. The third-order valence-electron chi connectivity index (χ3n) is 2.88. The molecular formula is C11H23NO. The van der Waals surface area contributed by atoms with Crippen LogP contribution in [0.3, 0.4) is 0 Å². The Morgan fingerprint density at radius 3 is 2.31 bits per heavy atom. The molecule has 0 spiro atoms. The lowest BCUT2D eigenvalue weighted by molar-refractivity contribution is 0.0684. The quantitative estimate of drug-likeness (QED) is 0.724. The van der Waals surface area contributed by atoms with E-state index in [0.29, 0.717) is 0 Å². The molecule has 3 unspecified atom stereocenters. The fourth-order valence-electron chi connectivity index (χ4n) is 2.37. The number of aliphatic hydroxyl groups excluding tert-OH is 1. The summed E-state index contributed by atoms with van der Waals surface area (Å²) in [6.07, 6.45) is 2.09. The number of nitrogens with zero attached hydrogens (tertiary/aromatic N) is 1. The number of hydrogen-bond acceptors (Lipinski definition) is 2. The molecule has 2 nitrogen and oxygen atoms in total. The first-order valence-corrected chi connectivity index (χ1v) is 5.52. The molecule has 1 N–H and O–H groups in total. The minimum Gasteiger partial charge on any atom is -0.392 e. The van der Waals surface area contributed by atoms with Gasteiger partial charge >= 0.3 is 0 Å². The largest absolute Gasteiger partial charge is 0.392 e. The van der Waals surface area contributed by atoms with Gasteiger partial charge in [0.25, 0.3) is 0 Å². The van der Waals surface area contributed by atoms with Crippen molar-refractivity contribution in [3.05, 3.63) is 0 Å². The van der Waals surface area contributed by atoms with Crippen molar-refractivity contribution in [3.63, 3.8) is 0 Å². The standard InChI is InChI=1S/C11H23NO/c1-4-11(13)8-12-6-9(2)5-10(3)7-12/h9-11,13H,4-8H2,1-3H3. The summed E-state index contributed by atoms with van der Waals surface area (Å²) in [4.78, 5) is 2.41. The van der Waals surface area contributed by atoms with Crippen molar-refractivity contribution < 1.29 is 5.11 Å². The maximum atomic E-state index is 9.54. The van der Waals surface area contributed by atoms with Gasteiger partial charge in [0.05, 0.1) is 6.10 Å². The third kappa shape index (κ3) is 3.65. The Morgan fingerprint density at radius 2 is 1.85 bits per heavy atom. The van der Waals surface area contributed by atoms with Crippen molar-refractivity contribution in [1.82, 2.24) is 4.90 Å². The van der Waals surface area contributed by atoms with Gasteiger partial charge in [0.1, 0.15) is 0 Å². The van der Waals surface area contributed by atoms with Gasteiger partial charge in [-0.05, 0) is 24.7 Å². The zero-order chi connectivity index (χ0) is 9.84. The molecule has 3 atom stereocenters. The molecule has 1 aliphatic rings. The summed E-state index contributed by atoms with van der Waals surface area (Å²) in [5, 5.41) is 9.54. The van der Waals surface area contributed by atoms with Crippen LogP contribution in [0.25, 0.3) is 0 Å². The van der Waals surface area contributed by atoms with E-state index in [4.69, 9.17) is 0 Å². The molecule has 0 aromatic rings. The minimum absolute atomic E-state index is 0.127. The van der Waals surface area contributed by atoms with Gasteiger partial charge in [0, 0.05) is 19.6 Å². The highest BCUT2D eigenvalue weighted by Gasteiger charge is 2.22.